The van der Waals surface area contributed by atoms with Crippen LogP contribution in [-0.2, 0) is 6.42 Å². The van der Waals surface area contributed by atoms with E-state index in [1.807, 2.05) is 13.0 Å². The minimum atomic E-state index is 0.607. The number of nitrogens with one attached hydrogen (secondary N) is 1. The van der Waals surface area contributed by atoms with Crippen molar-refractivity contribution in [3.05, 3.63) is 17.6 Å². The second kappa shape index (κ2) is 7.22. The van der Waals surface area contributed by atoms with E-state index in [0.29, 0.717) is 5.92 Å². The van der Waals surface area contributed by atoms with Gasteiger partial charge >= 0.3 is 0 Å². The van der Waals surface area contributed by atoms with Crippen molar-refractivity contribution < 1.29 is 0 Å². The predicted molar refractivity (Wildman–Crippen MR) is 72.1 cm³/mol. The number of aryl methyl sites for hydroxylation is 2. The molecule has 96 valence electrons. The number of nitrogens with zero attached hydrogens (tertiary/aromatic N) is 2. The summed E-state index contributed by atoms with van der Waals surface area (Å²) in [6.07, 6.45) is 3.24. The normalized spacial score (nSPS) is 12.5. The predicted octanol–water partition coefficient (Wildman–Crippen LogP) is 2.13. The lowest BCUT2D eigenvalue weighted by atomic mass is 10.1. The molecule has 1 heterocycles. The first-order chi connectivity index (χ1) is 8.15. The van der Waals surface area contributed by atoms with E-state index in [9.17, 15) is 0 Å². The van der Waals surface area contributed by atoms with Crippen molar-refractivity contribution in [2.24, 2.45) is 11.7 Å². The highest BCUT2D eigenvalue weighted by Gasteiger charge is 2.01. The second-order valence-corrected chi connectivity index (χ2v) is 4.56. The lowest BCUT2D eigenvalue weighted by molar-refractivity contribution is 0.529. The highest BCUT2D eigenvalue weighted by molar-refractivity contribution is 5.35. The maximum Gasteiger partial charge on any atom is 0.129 e. The fourth-order valence-corrected chi connectivity index (χ4v) is 1.69. The highest BCUT2D eigenvalue weighted by atomic mass is 15.0. The van der Waals surface area contributed by atoms with E-state index in [4.69, 9.17) is 5.73 Å². The van der Waals surface area contributed by atoms with E-state index in [1.54, 1.807) is 0 Å². The molecule has 17 heavy (non-hydrogen) atoms. The maximum absolute atomic E-state index is 5.58. The molecule has 0 aliphatic carbocycles. The molecule has 1 aromatic rings. The van der Waals surface area contributed by atoms with E-state index in [1.165, 1.54) is 0 Å². The third-order valence-corrected chi connectivity index (χ3v) is 2.84. The van der Waals surface area contributed by atoms with Crippen molar-refractivity contribution in [3.8, 4) is 0 Å². The summed E-state index contributed by atoms with van der Waals surface area (Å²) in [6.45, 7) is 7.94. The molecule has 1 atom stereocenters. The van der Waals surface area contributed by atoms with Gasteiger partial charge in [0.05, 0.1) is 0 Å². The SMILES string of the molecule is CCc1cc(NCCCC(C)CN)nc(C)n1. The van der Waals surface area contributed by atoms with Crippen LogP contribution in [0.25, 0.3) is 0 Å². The molecule has 0 spiro atoms. The molecule has 0 saturated heterocycles. The van der Waals surface area contributed by atoms with Gasteiger partial charge in [0, 0.05) is 18.3 Å². The molecule has 1 aromatic heterocycles. The summed E-state index contributed by atoms with van der Waals surface area (Å²) < 4.78 is 0. The van der Waals surface area contributed by atoms with Gasteiger partial charge in [-0.3, -0.25) is 0 Å². The van der Waals surface area contributed by atoms with Crippen molar-refractivity contribution in [2.75, 3.05) is 18.4 Å². The van der Waals surface area contributed by atoms with Gasteiger partial charge in [-0.15, -0.1) is 0 Å². The lowest BCUT2D eigenvalue weighted by Gasteiger charge is -2.10. The standard InChI is InChI=1S/C13H24N4/c1-4-12-8-13(17-11(3)16-12)15-7-5-6-10(2)9-14/h8,10H,4-7,9,14H2,1-3H3,(H,15,16,17). The average molecular weight is 236 g/mol. The Morgan fingerprint density at radius 3 is 2.82 bits per heavy atom. The first-order valence-electron chi connectivity index (χ1n) is 6.44. The molecule has 0 fully saturated rings. The zero-order valence-corrected chi connectivity index (χ0v) is 11.2. The zero-order chi connectivity index (χ0) is 12.7. The number of hydrogen-bond acceptors (Lipinski definition) is 4. The van der Waals surface area contributed by atoms with Crippen LogP contribution < -0.4 is 11.1 Å². The first kappa shape index (κ1) is 13.9. The zero-order valence-electron chi connectivity index (χ0n) is 11.2. The largest absolute Gasteiger partial charge is 0.370 e. The Labute approximate surface area is 104 Å². The van der Waals surface area contributed by atoms with Crippen LogP contribution >= 0.6 is 0 Å². The van der Waals surface area contributed by atoms with E-state index in [2.05, 4.69) is 29.1 Å². The number of anilines is 1. The van der Waals surface area contributed by atoms with E-state index in [0.717, 1.165) is 49.7 Å². The van der Waals surface area contributed by atoms with Crippen molar-refractivity contribution >= 4 is 5.82 Å². The lowest BCUT2D eigenvalue weighted by Crippen LogP contribution is -2.13. The van der Waals surface area contributed by atoms with Crippen molar-refractivity contribution in [3.63, 3.8) is 0 Å². The molecule has 1 rings (SSSR count). The minimum Gasteiger partial charge on any atom is -0.370 e. The Kier molecular flexibility index (Phi) is 5.91. The summed E-state index contributed by atoms with van der Waals surface area (Å²) in [7, 11) is 0. The van der Waals surface area contributed by atoms with Crippen LogP contribution in [0, 0.1) is 12.8 Å². The Morgan fingerprint density at radius 2 is 2.18 bits per heavy atom. The number of rotatable bonds is 7. The smallest absolute Gasteiger partial charge is 0.129 e. The molecule has 0 bridgehead atoms. The Hall–Kier alpha value is -1.16. The molecular formula is C13H24N4. The topological polar surface area (TPSA) is 63.8 Å². The summed E-state index contributed by atoms with van der Waals surface area (Å²) >= 11 is 0. The molecule has 0 aliphatic heterocycles. The Morgan fingerprint density at radius 1 is 1.41 bits per heavy atom. The van der Waals surface area contributed by atoms with E-state index >= 15 is 0 Å². The van der Waals surface area contributed by atoms with Gasteiger partial charge in [-0.2, -0.15) is 0 Å². The van der Waals surface area contributed by atoms with Gasteiger partial charge in [-0.1, -0.05) is 13.8 Å². The highest BCUT2D eigenvalue weighted by Crippen LogP contribution is 2.08. The summed E-state index contributed by atoms with van der Waals surface area (Å²) in [5, 5.41) is 3.35. The number of hydrogen-bond donors (Lipinski definition) is 2. The minimum absolute atomic E-state index is 0.607. The van der Waals surface area contributed by atoms with Gasteiger partial charge in [0.1, 0.15) is 11.6 Å². The first-order valence-corrected chi connectivity index (χ1v) is 6.44. The van der Waals surface area contributed by atoms with E-state index in [-0.39, 0.29) is 0 Å². The van der Waals surface area contributed by atoms with Crippen LogP contribution in [0.15, 0.2) is 6.07 Å². The van der Waals surface area contributed by atoms with Crippen molar-refractivity contribution in [2.45, 2.75) is 40.0 Å². The summed E-state index contributed by atoms with van der Waals surface area (Å²) in [5.74, 6) is 2.38. The van der Waals surface area contributed by atoms with Crippen LogP contribution in [0.5, 0.6) is 0 Å². The molecule has 4 nitrogen and oxygen atoms in total. The fraction of sp³-hybridized carbons (Fsp3) is 0.692. The molecule has 0 amide bonds. The molecule has 0 aliphatic rings. The maximum atomic E-state index is 5.58. The summed E-state index contributed by atoms with van der Waals surface area (Å²) in [5.41, 5.74) is 6.68. The van der Waals surface area contributed by atoms with Crippen LogP contribution in [-0.4, -0.2) is 23.1 Å². The third kappa shape index (κ3) is 5.13. The second-order valence-electron chi connectivity index (χ2n) is 4.56. The van der Waals surface area contributed by atoms with Gasteiger partial charge in [0.2, 0.25) is 0 Å². The van der Waals surface area contributed by atoms with Crippen molar-refractivity contribution in [1.29, 1.82) is 0 Å². The van der Waals surface area contributed by atoms with Gasteiger partial charge in [0.25, 0.3) is 0 Å². The Balaban J connectivity index is 2.38. The number of nitrogens with two attached hydrogens (primary N) is 1. The molecular weight excluding hydrogens is 212 g/mol. The van der Waals surface area contributed by atoms with Gasteiger partial charge in [-0.25, -0.2) is 9.97 Å². The molecule has 0 aromatic carbocycles. The van der Waals surface area contributed by atoms with Crippen LogP contribution in [0.3, 0.4) is 0 Å². The Bertz CT molecular complexity index is 338. The van der Waals surface area contributed by atoms with Gasteiger partial charge in [0.15, 0.2) is 0 Å². The average Bonchev–Trinajstić information content (AvgIpc) is 2.33. The van der Waals surface area contributed by atoms with Crippen LogP contribution in [0.4, 0.5) is 5.82 Å². The van der Waals surface area contributed by atoms with Gasteiger partial charge in [-0.05, 0) is 38.6 Å². The quantitative estimate of drug-likeness (QED) is 0.712. The molecule has 4 heteroatoms. The number of aromatic nitrogens is 2. The third-order valence-electron chi connectivity index (χ3n) is 2.84. The van der Waals surface area contributed by atoms with Crippen molar-refractivity contribution in [1.82, 2.24) is 9.97 Å². The summed E-state index contributed by atoms with van der Waals surface area (Å²) in [6, 6.07) is 2.03. The van der Waals surface area contributed by atoms with E-state index < -0.39 is 0 Å². The van der Waals surface area contributed by atoms with Gasteiger partial charge < -0.3 is 11.1 Å². The molecule has 1 unspecified atom stereocenters. The molecule has 3 N–H and O–H groups in total. The molecule has 0 radical (unpaired) electrons. The molecule has 0 saturated carbocycles. The fourth-order valence-electron chi connectivity index (χ4n) is 1.69. The van der Waals surface area contributed by atoms with Crippen LogP contribution in [0.1, 0.15) is 38.2 Å². The van der Waals surface area contributed by atoms with Crippen LogP contribution in [0.2, 0.25) is 0 Å². The summed E-state index contributed by atoms with van der Waals surface area (Å²) in [4.78, 5) is 8.73. The monoisotopic (exact) mass is 236 g/mol.